The van der Waals surface area contributed by atoms with E-state index in [4.69, 9.17) is 4.74 Å². The topological polar surface area (TPSA) is 87.5 Å². The van der Waals surface area contributed by atoms with Gasteiger partial charge in [0, 0.05) is 30.9 Å². The number of esters is 1. The van der Waals surface area contributed by atoms with Crippen molar-refractivity contribution in [1.29, 1.82) is 5.26 Å². The predicted octanol–water partition coefficient (Wildman–Crippen LogP) is 6.66. The van der Waals surface area contributed by atoms with Gasteiger partial charge in [-0.2, -0.15) is 5.26 Å². The summed E-state index contributed by atoms with van der Waals surface area (Å²) in [4.78, 5) is 41.9. The lowest BCUT2D eigenvalue weighted by atomic mass is 9.51. The average molecular weight is 535 g/mol. The largest absolute Gasteiger partial charge is 0.458 e. The molecule has 0 aromatic heterocycles. The van der Waals surface area contributed by atoms with Crippen LogP contribution < -0.4 is 0 Å². The zero-order chi connectivity index (χ0) is 27.6. The van der Waals surface area contributed by atoms with Crippen LogP contribution >= 0.6 is 0 Å². The highest BCUT2D eigenvalue weighted by Gasteiger charge is 2.54. The van der Waals surface area contributed by atoms with Gasteiger partial charge in [0.2, 0.25) is 5.91 Å². The van der Waals surface area contributed by atoms with E-state index in [9.17, 15) is 19.6 Å². The lowest BCUT2D eigenvalue weighted by molar-refractivity contribution is -0.161. The van der Waals surface area contributed by atoms with Crippen LogP contribution in [0.25, 0.3) is 0 Å². The Morgan fingerprint density at radius 2 is 1.72 bits per heavy atom. The number of amides is 2. The van der Waals surface area contributed by atoms with Gasteiger partial charge in [-0.15, -0.1) is 0 Å². The fourth-order valence-electron chi connectivity index (χ4n) is 8.73. The molecule has 212 valence electrons. The Morgan fingerprint density at radius 3 is 2.38 bits per heavy atom. The van der Waals surface area contributed by atoms with Gasteiger partial charge in [-0.3, -0.25) is 19.3 Å². The first-order valence-corrected chi connectivity index (χ1v) is 15.7. The summed E-state index contributed by atoms with van der Waals surface area (Å²) < 4.78 is 6.40. The molecule has 2 amide bonds. The van der Waals surface area contributed by atoms with E-state index >= 15 is 0 Å². The highest BCUT2D eigenvalue weighted by atomic mass is 16.5. The van der Waals surface area contributed by atoms with Crippen molar-refractivity contribution in [2.75, 3.05) is 6.54 Å². The van der Waals surface area contributed by atoms with Crippen molar-refractivity contribution in [3.63, 3.8) is 0 Å². The molecule has 1 aliphatic heterocycles. The average Bonchev–Trinajstić information content (AvgIpc) is 3.08. The van der Waals surface area contributed by atoms with Crippen LogP contribution in [0.15, 0.2) is 23.3 Å². The van der Waals surface area contributed by atoms with Crippen LogP contribution in [-0.4, -0.2) is 35.3 Å². The minimum absolute atomic E-state index is 0.00176. The molecule has 3 saturated carbocycles. The van der Waals surface area contributed by atoms with Crippen molar-refractivity contribution in [3.05, 3.63) is 23.3 Å². The van der Waals surface area contributed by atoms with Crippen molar-refractivity contribution >= 4 is 17.8 Å². The summed E-state index contributed by atoms with van der Waals surface area (Å²) in [5.74, 6) is 0.298. The molecule has 0 saturated heterocycles. The molecular weight excluding hydrogens is 488 g/mol. The zero-order valence-electron chi connectivity index (χ0n) is 24.0. The smallest absolute Gasteiger partial charge is 0.309 e. The molecule has 0 aromatic carbocycles. The molecule has 39 heavy (non-hydrogen) atoms. The first-order valence-electron chi connectivity index (χ1n) is 15.7. The van der Waals surface area contributed by atoms with Crippen molar-refractivity contribution in [2.45, 2.75) is 116 Å². The molecule has 0 aromatic rings. The first kappa shape index (κ1) is 28.1. The SMILES string of the molecule is CC1=C[C@@H](OC(=O)C2CCCCC2)[C@H]2[C@@H](CCC3=CC(=O)N(C(=O)C4CCCCC4)CC[C@@]32C)[C@@H]1CCC#N. The molecule has 6 nitrogen and oxygen atoms in total. The number of ether oxygens (including phenoxy) is 1. The number of nitriles is 1. The third-order valence-electron chi connectivity index (χ3n) is 11.0. The number of nitrogens with zero attached hydrogens (tertiary/aromatic N) is 2. The van der Waals surface area contributed by atoms with Crippen LogP contribution in [0.5, 0.6) is 0 Å². The highest BCUT2D eigenvalue weighted by molar-refractivity contribution is 6.02. The second-order valence-electron chi connectivity index (χ2n) is 13.2. The van der Waals surface area contributed by atoms with Crippen LogP contribution in [0.1, 0.15) is 110 Å². The maximum Gasteiger partial charge on any atom is 0.309 e. The number of carbonyl (C=O) groups excluding carboxylic acids is 3. The fraction of sp³-hybridized carbons (Fsp3) is 0.758. The predicted molar refractivity (Wildman–Crippen MR) is 149 cm³/mol. The quantitative estimate of drug-likeness (QED) is 0.224. The van der Waals surface area contributed by atoms with Crippen molar-refractivity contribution in [2.24, 2.45) is 35.0 Å². The number of hydrogen-bond donors (Lipinski definition) is 0. The standard InChI is InChI=1S/C33H46N2O4/c1-22-20-28(39-32(38)24-12-7-4-8-13-24)30-27(26(22)14-9-18-34)16-15-25-21-29(36)35(19-17-33(25,30)2)31(37)23-10-5-3-6-11-23/h20-21,23-24,26-28,30H,3-17,19H2,1-2H3/t26-,27+,28-,30-,33+/m1/s1. The summed E-state index contributed by atoms with van der Waals surface area (Å²) >= 11 is 0. The minimum Gasteiger partial charge on any atom is -0.458 e. The molecule has 0 spiro atoms. The van der Waals surface area contributed by atoms with E-state index in [1.165, 1.54) is 23.3 Å². The van der Waals surface area contributed by atoms with Gasteiger partial charge in [-0.05, 0) is 81.6 Å². The second kappa shape index (κ2) is 12.0. The third-order valence-corrected chi connectivity index (χ3v) is 11.0. The molecular formula is C33H46N2O4. The van der Waals surface area contributed by atoms with Crippen molar-refractivity contribution < 1.29 is 19.1 Å². The van der Waals surface area contributed by atoms with E-state index in [1.54, 1.807) is 6.08 Å². The first-order chi connectivity index (χ1) is 18.8. The number of hydrogen-bond acceptors (Lipinski definition) is 5. The number of fused-ring (bicyclic) bond motifs is 3. The van der Waals surface area contributed by atoms with Crippen LogP contribution in [0.2, 0.25) is 0 Å². The zero-order valence-corrected chi connectivity index (χ0v) is 24.0. The number of rotatable bonds is 5. The Bertz CT molecular complexity index is 1060. The van der Waals surface area contributed by atoms with Gasteiger partial charge in [0.1, 0.15) is 6.10 Å². The van der Waals surface area contributed by atoms with Gasteiger partial charge < -0.3 is 4.74 Å². The molecule has 3 fully saturated rings. The molecule has 5 aliphatic rings. The molecule has 0 radical (unpaired) electrons. The summed E-state index contributed by atoms with van der Waals surface area (Å²) in [6, 6.07) is 2.34. The summed E-state index contributed by atoms with van der Waals surface area (Å²) in [6.07, 6.45) is 17.5. The van der Waals surface area contributed by atoms with E-state index in [2.05, 4.69) is 26.0 Å². The Hall–Kier alpha value is -2.42. The van der Waals surface area contributed by atoms with Gasteiger partial charge in [0.05, 0.1) is 12.0 Å². The molecule has 0 unspecified atom stereocenters. The number of carbonyl (C=O) groups is 3. The van der Waals surface area contributed by atoms with Gasteiger partial charge in [0.25, 0.3) is 5.91 Å². The summed E-state index contributed by atoms with van der Waals surface area (Å²) in [6.45, 7) is 4.80. The van der Waals surface area contributed by atoms with Crippen LogP contribution in [-0.2, 0) is 19.1 Å². The molecule has 5 rings (SSSR count). The lowest BCUT2D eigenvalue weighted by Gasteiger charge is -2.54. The van der Waals surface area contributed by atoms with Crippen molar-refractivity contribution in [1.82, 2.24) is 4.90 Å². The molecule has 6 heteroatoms. The molecule has 0 N–H and O–H groups in total. The van der Waals surface area contributed by atoms with E-state index in [0.29, 0.717) is 19.4 Å². The van der Waals surface area contributed by atoms with Crippen molar-refractivity contribution in [3.8, 4) is 6.07 Å². The summed E-state index contributed by atoms with van der Waals surface area (Å²) in [7, 11) is 0. The van der Waals surface area contributed by atoms with Gasteiger partial charge in [-0.25, -0.2) is 0 Å². The number of imide groups is 1. The summed E-state index contributed by atoms with van der Waals surface area (Å²) in [5.41, 5.74) is 1.99. The number of allylic oxidation sites excluding steroid dienone is 2. The Balaban J connectivity index is 1.44. The van der Waals surface area contributed by atoms with E-state index in [-0.39, 0.29) is 58.9 Å². The Labute approximate surface area is 234 Å². The minimum atomic E-state index is -0.347. The normalized spacial score (nSPS) is 34.1. The Kier molecular flexibility index (Phi) is 8.64. The fourth-order valence-corrected chi connectivity index (χ4v) is 8.73. The van der Waals surface area contributed by atoms with E-state index in [0.717, 1.165) is 76.2 Å². The van der Waals surface area contributed by atoms with Crippen LogP contribution in [0, 0.1) is 46.3 Å². The molecule has 5 atom stereocenters. The molecule has 4 aliphatic carbocycles. The van der Waals surface area contributed by atoms with Crippen LogP contribution in [0.4, 0.5) is 0 Å². The third kappa shape index (κ3) is 5.61. The molecule has 0 bridgehead atoms. The maximum absolute atomic E-state index is 13.5. The van der Waals surface area contributed by atoms with Gasteiger partial charge in [-0.1, -0.05) is 56.6 Å². The van der Waals surface area contributed by atoms with Gasteiger partial charge in [0.15, 0.2) is 0 Å². The Morgan fingerprint density at radius 1 is 1.05 bits per heavy atom. The van der Waals surface area contributed by atoms with E-state index < -0.39 is 0 Å². The van der Waals surface area contributed by atoms with Crippen LogP contribution in [0.3, 0.4) is 0 Å². The van der Waals surface area contributed by atoms with E-state index in [1.807, 2.05) is 0 Å². The second-order valence-corrected chi connectivity index (χ2v) is 13.2. The monoisotopic (exact) mass is 534 g/mol. The molecule has 1 heterocycles. The summed E-state index contributed by atoms with van der Waals surface area (Å²) in [5, 5.41) is 9.36. The van der Waals surface area contributed by atoms with Gasteiger partial charge >= 0.3 is 5.97 Å². The maximum atomic E-state index is 13.5. The highest BCUT2D eigenvalue weighted by Crippen LogP contribution is 2.58. The lowest BCUT2D eigenvalue weighted by Crippen LogP contribution is -2.51.